The van der Waals surface area contributed by atoms with Crippen molar-refractivity contribution in [3.05, 3.63) is 29.8 Å². The van der Waals surface area contributed by atoms with Crippen LogP contribution in [-0.4, -0.2) is 31.0 Å². The normalized spacial score (nSPS) is 11.5. The first-order valence-electron chi connectivity index (χ1n) is 7.47. The smallest absolute Gasteiger partial charge is 0.224 e. The number of hydrogen-bond donors (Lipinski definition) is 0. The van der Waals surface area contributed by atoms with E-state index in [2.05, 4.69) is 19.9 Å². The number of amides is 1. The van der Waals surface area contributed by atoms with Gasteiger partial charge in [0.05, 0.1) is 19.1 Å². The molecule has 21 heavy (non-hydrogen) atoms. The van der Waals surface area contributed by atoms with Gasteiger partial charge in [-0.15, -0.1) is 0 Å². The lowest BCUT2D eigenvalue weighted by atomic mass is 9.96. The zero-order valence-electron chi connectivity index (χ0n) is 13.1. The van der Waals surface area contributed by atoms with Crippen molar-refractivity contribution in [2.24, 2.45) is 0 Å². The molecule has 1 unspecified atom stereocenters. The molecule has 1 atom stereocenters. The van der Waals surface area contributed by atoms with Crippen molar-refractivity contribution >= 4 is 5.91 Å². The van der Waals surface area contributed by atoms with Crippen LogP contribution in [0.3, 0.4) is 0 Å². The third-order valence-corrected chi connectivity index (χ3v) is 3.37. The minimum atomic E-state index is -0.427. The van der Waals surface area contributed by atoms with E-state index < -0.39 is 5.92 Å². The van der Waals surface area contributed by atoms with Crippen molar-refractivity contribution in [1.82, 2.24) is 4.90 Å². The number of benzene rings is 1. The van der Waals surface area contributed by atoms with E-state index in [4.69, 9.17) is 4.74 Å². The lowest BCUT2D eigenvalue weighted by molar-refractivity contribution is -0.131. The zero-order chi connectivity index (χ0) is 15.7. The number of methoxy groups -OCH3 is 1. The summed E-state index contributed by atoms with van der Waals surface area (Å²) in [6.07, 6.45) is 2.09. The fraction of sp³-hybridized carbons (Fsp3) is 0.529. The third kappa shape index (κ3) is 5.11. The van der Waals surface area contributed by atoms with Gasteiger partial charge in [-0.3, -0.25) is 4.79 Å². The summed E-state index contributed by atoms with van der Waals surface area (Å²) in [6, 6.07) is 9.61. The Morgan fingerprint density at radius 3 is 2.52 bits per heavy atom. The van der Waals surface area contributed by atoms with Gasteiger partial charge in [0.15, 0.2) is 0 Å². The number of carbonyl (C=O) groups is 1. The van der Waals surface area contributed by atoms with Gasteiger partial charge in [-0.25, -0.2) is 0 Å². The van der Waals surface area contributed by atoms with E-state index in [1.54, 1.807) is 7.11 Å². The summed E-state index contributed by atoms with van der Waals surface area (Å²) >= 11 is 0. The maximum atomic E-state index is 12.4. The largest absolute Gasteiger partial charge is 0.497 e. The second-order valence-corrected chi connectivity index (χ2v) is 5.04. The monoisotopic (exact) mass is 288 g/mol. The first-order chi connectivity index (χ1) is 10.2. The molecule has 0 heterocycles. The minimum absolute atomic E-state index is 0.0491. The van der Waals surface area contributed by atoms with Gasteiger partial charge in [-0.1, -0.05) is 26.0 Å². The van der Waals surface area contributed by atoms with Crippen LogP contribution in [0.4, 0.5) is 0 Å². The van der Waals surface area contributed by atoms with E-state index in [1.165, 1.54) is 0 Å². The van der Waals surface area contributed by atoms with Crippen LogP contribution in [0.1, 0.15) is 44.6 Å². The van der Waals surface area contributed by atoms with Crippen molar-refractivity contribution < 1.29 is 9.53 Å². The molecular formula is C17H24N2O2. The van der Waals surface area contributed by atoms with E-state index in [0.29, 0.717) is 5.75 Å². The van der Waals surface area contributed by atoms with Gasteiger partial charge in [0, 0.05) is 19.5 Å². The maximum absolute atomic E-state index is 12.4. The molecule has 0 radical (unpaired) electrons. The van der Waals surface area contributed by atoms with E-state index in [0.717, 1.165) is 31.5 Å². The molecular weight excluding hydrogens is 264 g/mol. The molecule has 0 saturated heterocycles. The third-order valence-electron chi connectivity index (χ3n) is 3.37. The predicted molar refractivity (Wildman–Crippen MR) is 83.1 cm³/mol. The molecule has 0 N–H and O–H groups in total. The molecule has 0 bridgehead atoms. The molecule has 4 nitrogen and oxygen atoms in total. The summed E-state index contributed by atoms with van der Waals surface area (Å²) < 4.78 is 5.17. The van der Waals surface area contributed by atoms with Gasteiger partial charge < -0.3 is 9.64 Å². The van der Waals surface area contributed by atoms with Crippen LogP contribution in [-0.2, 0) is 4.79 Å². The van der Waals surface area contributed by atoms with E-state index in [9.17, 15) is 10.1 Å². The Kier molecular flexibility index (Phi) is 7.31. The number of rotatable bonds is 8. The first-order valence-corrected chi connectivity index (χ1v) is 7.47. The highest BCUT2D eigenvalue weighted by molar-refractivity contribution is 5.77. The van der Waals surface area contributed by atoms with Gasteiger partial charge in [0.2, 0.25) is 5.91 Å². The van der Waals surface area contributed by atoms with Crippen LogP contribution in [0.2, 0.25) is 0 Å². The summed E-state index contributed by atoms with van der Waals surface area (Å²) in [5, 5.41) is 9.37. The number of nitriles is 1. The number of nitrogens with zero attached hydrogens (tertiary/aromatic N) is 2. The Morgan fingerprint density at radius 2 is 2.00 bits per heavy atom. The first kappa shape index (κ1) is 17.0. The molecule has 0 spiro atoms. The fourth-order valence-electron chi connectivity index (χ4n) is 2.30. The van der Waals surface area contributed by atoms with Crippen molar-refractivity contribution in [3.63, 3.8) is 0 Å². The van der Waals surface area contributed by atoms with Crippen molar-refractivity contribution in [3.8, 4) is 11.8 Å². The van der Waals surface area contributed by atoms with Crippen LogP contribution in [0.25, 0.3) is 0 Å². The van der Waals surface area contributed by atoms with Gasteiger partial charge in [-0.2, -0.15) is 5.26 Å². The van der Waals surface area contributed by atoms with E-state index in [-0.39, 0.29) is 12.3 Å². The second kappa shape index (κ2) is 9.02. The van der Waals surface area contributed by atoms with Crippen LogP contribution in [0.15, 0.2) is 24.3 Å². The summed E-state index contributed by atoms with van der Waals surface area (Å²) in [6.45, 7) is 5.62. The minimum Gasteiger partial charge on any atom is -0.497 e. The molecule has 1 amide bonds. The maximum Gasteiger partial charge on any atom is 0.224 e. The van der Waals surface area contributed by atoms with Crippen molar-refractivity contribution in [1.29, 1.82) is 5.26 Å². The average molecular weight is 288 g/mol. The SMILES string of the molecule is CCCN(CCC)C(=O)CC(C#N)c1cccc(OC)c1. The molecule has 1 aromatic rings. The van der Waals surface area contributed by atoms with Crippen LogP contribution in [0, 0.1) is 11.3 Å². The Bertz CT molecular complexity index is 488. The topological polar surface area (TPSA) is 53.3 Å². The molecule has 1 aromatic carbocycles. The molecule has 0 aromatic heterocycles. The summed E-state index contributed by atoms with van der Waals surface area (Å²) in [4.78, 5) is 14.2. The molecule has 0 saturated carbocycles. The van der Waals surface area contributed by atoms with E-state index >= 15 is 0 Å². The second-order valence-electron chi connectivity index (χ2n) is 5.04. The predicted octanol–water partition coefficient (Wildman–Crippen LogP) is 3.34. The highest BCUT2D eigenvalue weighted by atomic mass is 16.5. The average Bonchev–Trinajstić information content (AvgIpc) is 2.52. The molecule has 0 aliphatic heterocycles. The highest BCUT2D eigenvalue weighted by Gasteiger charge is 2.20. The molecule has 4 heteroatoms. The van der Waals surface area contributed by atoms with Crippen LogP contribution in [0.5, 0.6) is 5.75 Å². The van der Waals surface area contributed by atoms with E-state index in [1.807, 2.05) is 29.2 Å². The van der Waals surface area contributed by atoms with Gasteiger partial charge >= 0.3 is 0 Å². The number of carbonyl (C=O) groups excluding carboxylic acids is 1. The standard InChI is InChI=1S/C17H24N2O2/c1-4-9-19(10-5-2)17(20)12-15(13-18)14-7-6-8-16(11-14)21-3/h6-8,11,15H,4-5,9-10,12H2,1-3H3. The van der Waals surface area contributed by atoms with Crippen LogP contribution < -0.4 is 4.74 Å². The lowest BCUT2D eigenvalue weighted by Gasteiger charge is -2.22. The molecule has 1 rings (SSSR count). The molecule has 0 fully saturated rings. The Balaban J connectivity index is 2.81. The summed E-state index contributed by atoms with van der Waals surface area (Å²) in [7, 11) is 1.59. The fourth-order valence-corrected chi connectivity index (χ4v) is 2.30. The van der Waals surface area contributed by atoms with Crippen LogP contribution >= 0.6 is 0 Å². The Hall–Kier alpha value is -2.02. The van der Waals surface area contributed by atoms with Gasteiger partial charge in [0.25, 0.3) is 0 Å². The van der Waals surface area contributed by atoms with Gasteiger partial charge in [0.1, 0.15) is 5.75 Å². The molecule has 0 aliphatic carbocycles. The van der Waals surface area contributed by atoms with Crippen molar-refractivity contribution in [2.45, 2.75) is 39.0 Å². The Morgan fingerprint density at radius 1 is 1.33 bits per heavy atom. The summed E-state index contributed by atoms with van der Waals surface area (Å²) in [5.74, 6) is 0.330. The van der Waals surface area contributed by atoms with Crippen molar-refractivity contribution in [2.75, 3.05) is 20.2 Å². The lowest BCUT2D eigenvalue weighted by Crippen LogP contribution is -2.33. The molecule has 114 valence electrons. The highest BCUT2D eigenvalue weighted by Crippen LogP contribution is 2.24. The number of hydrogen-bond acceptors (Lipinski definition) is 3. The summed E-state index contributed by atoms with van der Waals surface area (Å²) in [5.41, 5.74) is 0.832. The zero-order valence-corrected chi connectivity index (χ0v) is 13.1. The molecule has 0 aliphatic rings. The Labute approximate surface area is 127 Å². The number of ether oxygens (including phenoxy) is 1. The van der Waals surface area contributed by atoms with Gasteiger partial charge in [-0.05, 0) is 30.5 Å². The quantitative estimate of drug-likeness (QED) is 0.737.